The highest BCUT2D eigenvalue weighted by molar-refractivity contribution is 7.73. The minimum Gasteiger partial charge on any atom is -0.465 e. The zero-order valence-corrected chi connectivity index (χ0v) is 10.6. The molecule has 7 heteroatoms. The molecular weight excluding hydrogens is 268 g/mol. The van der Waals surface area contributed by atoms with Crippen molar-refractivity contribution in [3.05, 3.63) is 22.3 Å². The van der Waals surface area contributed by atoms with E-state index in [0.29, 0.717) is 6.29 Å². The summed E-state index contributed by atoms with van der Waals surface area (Å²) in [6, 6.07) is 0. The van der Waals surface area contributed by atoms with Crippen molar-refractivity contribution in [1.82, 2.24) is 0 Å². The quantitative estimate of drug-likeness (QED) is 0.416. The summed E-state index contributed by atoms with van der Waals surface area (Å²) in [6.07, 6.45) is 1.56. The van der Waals surface area contributed by atoms with Crippen molar-refractivity contribution < 1.29 is 22.7 Å². The first kappa shape index (κ1) is 13.7. The van der Waals surface area contributed by atoms with Crippen molar-refractivity contribution in [2.45, 2.75) is 6.92 Å². The molecule has 1 atom stereocenters. The fraction of sp³-hybridized carbons (Fsp3) is 0.300. The first-order chi connectivity index (χ1) is 7.93. The van der Waals surface area contributed by atoms with Gasteiger partial charge in [0, 0.05) is 11.5 Å². The molecule has 0 spiro atoms. The Balaban J connectivity index is 3.54. The molecule has 1 unspecified atom stereocenters. The van der Waals surface area contributed by atoms with E-state index in [0.717, 1.165) is 13.2 Å². The summed E-state index contributed by atoms with van der Waals surface area (Å²) in [4.78, 5) is 22.2. The summed E-state index contributed by atoms with van der Waals surface area (Å²) in [5.74, 6) is -1.46. The Bertz CT molecular complexity index is 560. The largest absolute Gasteiger partial charge is 0.465 e. The topological polar surface area (TPSA) is 77.5 Å². The molecule has 17 heavy (non-hydrogen) atoms. The molecule has 0 radical (unpaired) electrons. The van der Waals surface area contributed by atoms with Crippen molar-refractivity contribution >= 4 is 39.0 Å². The molecule has 0 amide bonds. The Morgan fingerprint density at radius 1 is 1.53 bits per heavy atom. The molecule has 0 N–H and O–H groups in total. The van der Waals surface area contributed by atoms with Gasteiger partial charge in [0.15, 0.2) is 0 Å². The van der Waals surface area contributed by atoms with Gasteiger partial charge in [-0.15, -0.1) is 0 Å². The van der Waals surface area contributed by atoms with Gasteiger partial charge in [-0.05, 0) is 6.08 Å². The monoisotopic (exact) mass is 276 g/mol. The highest BCUT2D eigenvalue weighted by Crippen LogP contribution is 2.30. The van der Waals surface area contributed by atoms with E-state index < -0.39 is 22.2 Å². The van der Waals surface area contributed by atoms with Crippen molar-refractivity contribution in [3.8, 4) is 0 Å². The summed E-state index contributed by atoms with van der Waals surface area (Å²) in [6.45, 7) is 1.52. The standard InChI is InChI=1S/C10H9ClO5S/c1-5-7(4-12)9(11)6(10(13)16-2)3-8(5)17(14)15/h3-5H,1-2H3. The lowest BCUT2D eigenvalue weighted by atomic mass is 9.90. The number of halogens is 1. The van der Waals surface area contributed by atoms with E-state index in [9.17, 15) is 18.0 Å². The summed E-state index contributed by atoms with van der Waals surface area (Å²) in [5, 5.41) is -0.0754. The molecule has 0 saturated carbocycles. The molecule has 92 valence electrons. The molecule has 1 rings (SSSR count). The molecule has 0 aliphatic heterocycles. The van der Waals surface area contributed by atoms with Crippen LogP contribution in [-0.2, 0) is 24.6 Å². The second-order valence-corrected chi connectivity index (χ2v) is 4.61. The number of rotatable bonds is 2. The van der Waals surface area contributed by atoms with Gasteiger partial charge >= 0.3 is 5.97 Å². The fourth-order valence-corrected chi connectivity index (χ4v) is 2.40. The minimum atomic E-state index is -2.53. The first-order valence-electron chi connectivity index (χ1n) is 4.55. The molecule has 0 bridgehead atoms. The van der Waals surface area contributed by atoms with E-state index in [2.05, 4.69) is 4.74 Å². The van der Waals surface area contributed by atoms with Crippen LogP contribution < -0.4 is 0 Å². The van der Waals surface area contributed by atoms with Crippen LogP contribution in [0.4, 0.5) is 0 Å². The van der Waals surface area contributed by atoms with Crippen LogP contribution in [0.2, 0.25) is 0 Å². The number of allylic oxidation sites excluding steroid dienone is 2. The van der Waals surface area contributed by atoms with Gasteiger partial charge in [-0.2, -0.15) is 8.42 Å². The molecule has 0 fully saturated rings. The number of carbonyl (C=O) groups excluding carboxylic acids is 2. The van der Waals surface area contributed by atoms with Crippen LogP contribution in [0.15, 0.2) is 22.3 Å². The van der Waals surface area contributed by atoms with Gasteiger partial charge in [-0.3, -0.25) is 4.79 Å². The maximum Gasteiger partial charge on any atom is 0.339 e. The van der Waals surface area contributed by atoms with Gasteiger partial charge in [-0.25, -0.2) is 4.79 Å². The number of hydrogen-bond acceptors (Lipinski definition) is 5. The van der Waals surface area contributed by atoms with Crippen LogP contribution in [-0.4, -0.2) is 32.6 Å². The Morgan fingerprint density at radius 3 is 2.53 bits per heavy atom. The van der Waals surface area contributed by atoms with Crippen molar-refractivity contribution in [2.24, 2.45) is 5.92 Å². The van der Waals surface area contributed by atoms with Crippen LogP contribution in [0.25, 0.3) is 0 Å². The third-order valence-corrected chi connectivity index (χ3v) is 3.67. The predicted octanol–water partition coefficient (Wildman–Crippen LogP) is 0.479. The molecule has 0 aromatic rings. The molecule has 5 nitrogen and oxygen atoms in total. The SMILES string of the molecule is COC(=O)C1=CC(=S(=O)=O)C(C)C(C=O)=C1Cl. The smallest absolute Gasteiger partial charge is 0.339 e. The van der Waals surface area contributed by atoms with Gasteiger partial charge in [-0.1, -0.05) is 18.5 Å². The number of hydrogen-bond donors (Lipinski definition) is 0. The van der Waals surface area contributed by atoms with Crippen LogP contribution >= 0.6 is 11.6 Å². The third-order valence-electron chi connectivity index (χ3n) is 2.39. The predicted molar refractivity (Wildman–Crippen MR) is 62.1 cm³/mol. The van der Waals surface area contributed by atoms with Crippen molar-refractivity contribution in [3.63, 3.8) is 0 Å². The van der Waals surface area contributed by atoms with Gasteiger partial charge in [0.2, 0.25) is 10.3 Å². The van der Waals surface area contributed by atoms with Gasteiger partial charge < -0.3 is 4.74 Å². The molecule has 0 heterocycles. The van der Waals surface area contributed by atoms with E-state index in [4.69, 9.17) is 11.6 Å². The van der Waals surface area contributed by atoms with E-state index in [1.165, 1.54) is 6.92 Å². The Labute approximate surface area is 104 Å². The third kappa shape index (κ3) is 2.48. The Hall–Kier alpha value is -1.40. The lowest BCUT2D eigenvalue weighted by Crippen LogP contribution is -2.22. The molecule has 1 aliphatic carbocycles. The van der Waals surface area contributed by atoms with Crippen LogP contribution in [0, 0.1) is 5.92 Å². The van der Waals surface area contributed by atoms with E-state index in [1.807, 2.05) is 0 Å². The highest BCUT2D eigenvalue weighted by Gasteiger charge is 2.29. The summed E-state index contributed by atoms with van der Waals surface area (Å²) in [5.41, 5.74) is -0.0812. The number of carbonyl (C=O) groups is 2. The Morgan fingerprint density at radius 2 is 2.12 bits per heavy atom. The number of esters is 1. The fourth-order valence-electron chi connectivity index (χ4n) is 1.43. The molecule has 0 saturated heterocycles. The maximum absolute atomic E-state index is 11.4. The second kappa shape index (κ2) is 5.29. The van der Waals surface area contributed by atoms with Gasteiger partial charge in [0.1, 0.15) is 6.29 Å². The number of aldehydes is 1. The molecular formula is C10H9ClO5S. The number of methoxy groups -OCH3 is 1. The molecule has 1 aliphatic rings. The van der Waals surface area contributed by atoms with Crippen LogP contribution in [0.3, 0.4) is 0 Å². The zero-order chi connectivity index (χ0) is 13.2. The summed E-state index contributed by atoms with van der Waals surface area (Å²) in [7, 11) is -1.39. The Kier molecular flexibility index (Phi) is 4.25. The lowest BCUT2D eigenvalue weighted by Gasteiger charge is -2.18. The lowest BCUT2D eigenvalue weighted by molar-refractivity contribution is -0.135. The van der Waals surface area contributed by atoms with Crippen molar-refractivity contribution in [2.75, 3.05) is 7.11 Å². The number of ether oxygens (including phenoxy) is 1. The summed E-state index contributed by atoms with van der Waals surface area (Å²) < 4.78 is 26.4. The average Bonchev–Trinajstić information content (AvgIpc) is 2.28. The van der Waals surface area contributed by atoms with Crippen LogP contribution in [0.5, 0.6) is 0 Å². The summed E-state index contributed by atoms with van der Waals surface area (Å²) >= 11 is 5.85. The normalized spacial score (nSPS) is 19.8. The maximum atomic E-state index is 11.4. The van der Waals surface area contributed by atoms with Crippen molar-refractivity contribution in [1.29, 1.82) is 0 Å². The van der Waals surface area contributed by atoms with E-state index in [-0.39, 0.29) is 21.0 Å². The highest BCUT2D eigenvalue weighted by atomic mass is 35.5. The zero-order valence-electron chi connectivity index (χ0n) is 9.06. The van der Waals surface area contributed by atoms with E-state index >= 15 is 0 Å². The van der Waals surface area contributed by atoms with E-state index in [1.54, 1.807) is 0 Å². The molecule has 0 aromatic carbocycles. The first-order valence-corrected chi connectivity index (χ1v) is 6.00. The molecule has 0 aromatic heterocycles. The van der Waals surface area contributed by atoms with Gasteiger partial charge in [0.25, 0.3) is 0 Å². The van der Waals surface area contributed by atoms with Crippen LogP contribution in [0.1, 0.15) is 6.92 Å². The minimum absolute atomic E-state index is 0.0498. The average molecular weight is 277 g/mol. The van der Waals surface area contributed by atoms with Gasteiger partial charge in [0.05, 0.1) is 22.6 Å². The second-order valence-electron chi connectivity index (χ2n) is 3.30.